The topological polar surface area (TPSA) is 90.5 Å². The number of hydrogen-bond acceptors (Lipinski definition) is 6. The minimum atomic E-state index is 0.0108. The number of Topliss-reactive ketones (excluding diaryl/α,β-unsaturated/α-hetero) is 1. The number of ketones is 1. The first-order chi connectivity index (χ1) is 12.7. The molecule has 0 amide bonds. The smallest absolute Gasteiger partial charge is 0.184 e. The van der Waals surface area contributed by atoms with Gasteiger partial charge in [0.1, 0.15) is 18.0 Å². The molecule has 1 aliphatic rings. The molecule has 1 aromatic carbocycles. The van der Waals surface area contributed by atoms with Crippen molar-refractivity contribution in [3.05, 3.63) is 72.3 Å². The molecule has 6 nitrogen and oxygen atoms in total. The Kier molecular flexibility index (Phi) is 4.25. The van der Waals surface area contributed by atoms with Crippen molar-refractivity contribution in [3.63, 3.8) is 0 Å². The van der Waals surface area contributed by atoms with Crippen molar-refractivity contribution in [1.82, 2.24) is 9.97 Å². The summed E-state index contributed by atoms with van der Waals surface area (Å²) in [6.07, 6.45) is 6.74. The van der Waals surface area contributed by atoms with E-state index in [4.69, 9.17) is 10.5 Å². The summed E-state index contributed by atoms with van der Waals surface area (Å²) in [5.74, 6) is 1.32. The lowest BCUT2D eigenvalue weighted by Crippen LogP contribution is -2.24. The zero-order valence-electron chi connectivity index (χ0n) is 13.9. The number of aromatic nitrogens is 2. The highest BCUT2D eigenvalue weighted by Crippen LogP contribution is 2.28. The highest BCUT2D eigenvalue weighted by atomic mass is 16.5. The second-order valence-electron chi connectivity index (χ2n) is 5.84. The summed E-state index contributed by atoms with van der Waals surface area (Å²) in [6, 6.07) is 11.1. The molecule has 128 valence electrons. The SMILES string of the molecule is NCC1=NCC(=O)c2ccc(-c3cncc(Oc4ccncc4)c3)cc21. The van der Waals surface area contributed by atoms with Gasteiger partial charge in [0.25, 0.3) is 0 Å². The number of ether oxygens (including phenoxy) is 1. The van der Waals surface area contributed by atoms with Gasteiger partial charge < -0.3 is 10.5 Å². The van der Waals surface area contributed by atoms with Gasteiger partial charge in [0.2, 0.25) is 0 Å². The molecule has 0 unspecified atom stereocenters. The average molecular weight is 344 g/mol. The Labute approximate surface area is 150 Å². The van der Waals surface area contributed by atoms with Crippen LogP contribution in [0.1, 0.15) is 15.9 Å². The van der Waals surface area contributed by atoms with Crippen LogP contribution in [-0.4, -0.2) is 34.6 Å². The van der Waals surface area contributed by atoms with Crippen LogP contribution in [0.25, 0.3) is 11.1 Å². The molecule has 3 heterocycles. The van der Waals surface area contributed by atoms with Crippen LogP contribution >= 0.6 is 0 Å². The summed E-state index contributed by atoms with van der Waals surface area (Å²) in [5, 5.41) is 0. The molecule has 0 fully saturated rings. The van der Waals surface area contributed by atoms with E-state index in [1.54, 1.807) is 36.9 Å². The maximum atomic E-state index is 12.1. The summed E-state index contributed by atoms with van der Waals surface area (Å²) >= 11 is 0. The number of aliphatic imine (C=N–C) groups is 1. The standard InChI is InChI=1S/C20H16N4O2/c21-9-19-18-8-13(1-2-17(18)20(25)12-24-19)14-7-16(11-23-10-14)26-15-3-5-22-6-4-15/h1-8,10-11H,9,12,21H2. The summed E-state index contributed by atoms with van der Waals surface area (Å²) in [7, 11) is 0. The molecule has 0 radical (unpaired) electrons. The number of pyridine rings is 2. The lowest BCUT2D eigenvalue weighted by atomic mass is 9.93. The van der Waals surface area contributed by atoms with E-state index in [1.165, 1.54) is 0 Å². The van der Waals surface area contributed by atoms with Crippen molar-refractivity contribution in [1.29, 1.82) is 0 Å². The minimum Gasteiger partial charge on any atom is -0.456 e. The third kappa shape index (κ3) is 3.10. The predicted molar refractivity (Wildman–Crippen MR) is 98.8 cm³/mol. The van der Waals surface area contributed by atoms with Gasteiger partial charge in [-0.15, -0.1) is 0 Å². The van der Waals surface area contributed by atoms with Crippen molar-refractivity contribution in [2.24, 2.45) is 10.7 Å². The molecule has 0 atom stereocenters. The van der Waals surface area contributed by atoms with Crippen LogP contribution in [0.3, 0.4) is 0 Å². The Morgan fingerprint density at radius 2 is 1.77 bits per heavy atom. The number of nitrogens with zero attached hydrogens (tertiary/aromatic N) is 3. The Morgan fingerprint density at radius 1 is 0.923 bits per heavy atom. The molecule has 6 heteroatoms. The van der Waals surface area contributed by atoms with Gasteiger partial charge in [-0.3, -0.25) is 19.8 Å². The van der Waals surface area contributed by atoms with E-state index in [-0.39, 0.29) is 12.3 Å². The Morgan fingerprint density at radius 3 is 2.58 bits per heavy atom. The molecular formula is C20H16N4O2. The molecule has 3 aromatic rings. The fraction of sp³-hybridized carbons (Fsp3) is 0.100. The van der Waals surface area contributed by atoms with Gasteiger partial charge in [-0.25, -0.2) is 0 Å². The average Bonchev–Trinajstić information content (AvgIpc) is 2.69. The van der Waals surface area contributed by atoms with Crippen molar-refractivity contribution >= 4 is 11.5 Å². The zero-order valence-corrected chi connectivity index (χ0v) is 13.9. The van der Waals surface area contributed by atoms with E-state index >= 15 is 0 Å². The van der Waals surface area contributed by atoms with Gasteiger partial charge in [0.05, 0.1) is 11.9 Å². The van der Waals surface area contributed by atoms with E-state index in [1.807, 2.05) is 24.3 Å². The first kappa shape index (κ1) is 16.1. The zero-order chi connectivity index (χ0) is 17.9. The van der Waals surface area contributed by atoms with E-state index in [9.17, 15) is 4.79 Å². The third-order valence-electron chi connectivity index (χ3n) is 4.17. The number of fused-ring (bicyclic) bond motifs is 1. The lowest BCUT2D eigenvalue weighted by molar-refractivity contribution is 0.1000. The number of benzene rings is 1. The fourth-order valence-corrected chi connectivity index (χ4v) is 2.89. The van der Waals surface area contributed by atoms with Crippen molar-refractivity contribution < 1.29 is 9.53 Å². The van der Waals surface area contributed by atoms with Crippen LogP contribution in [0.2, 0.25) is 0 Å². The van der Waals surface area contributed by atoms with Gasteiger partial charge in [-0.05, 0) is 29.8 Å². The highest BCUT2D eigenvalue weighted by Gasteiger charge is 2.20. The van der Waals surface area contributed by atoms with Gasteiger partial charge in [0.15, 0.2) is 5.78 Å². The summed E-state index contributed by atoms with van der Waals surface area (Å²) in [6.45, 7) is 0.461. The molecule has 1 aliphatic heterocycles. The molecule has 0 spiro atoms. The summed E-state index contributed by atoms with van der Waals surface area (Å²) in [4.78, 5) is 24.6. The van der Waals surface area contributed by atoms with Gasteiger partial charge in [-0.1, -0.05) is 12.1 Å². The van der Waals surface area contributed by atoms with E-state index < -0.39 is 0 Å². The molecule has 0 aliphatic carbocycles. The minimum absolute atomic E-state index is 0.0108. The van der Waals surface area contributed by atoms with Crippen molar-refractivity contribution in [2.45, 2.75) is 0 Å². The molecular weight excluding hydrogens is 328 g/mol. The number of hydrogen-bond donors (Lipinski definition) is 1. The van der Waals surface area contributed by atoms with Crippen LogP contribution in [-0.2, 0) is 0 Å². The van der Waals surface area contributed by atoms with Crippen LogP contribution in [0, 0.1) is 0 Å². The Hall–Kier alpha value is -3.38. The van der Waals surface area contributed by atoms with Crippen LogP contribution in [0.4, 0.5) is 0 Å². The van der Waals surface area contributed by atoms with Crippen LogP contribution < -0.4 is 10.5 Å². The quantitative estimate of drug-likeness (QED) is 0.786. The second-order valence-corrected chi connectivity index (χ2v) is 5.84. The Balaban J connectivity index is 1.69. The molecule has 2 aromatic heterocycles. The van der Waals surface area contributed by atoms with Crippen molar-refractivity contribution in [3.8, 4) is 22.6 Å². The first-order valence-electron chi connectivity index (χ1n) is 8.19. The highest BCUT2D eigenvalue weighted by molar-refractivity contribution is 6.16. The number of carbonyl (C=O) groups excluding carboxylic acids is 1. The summed E-state index contributed by atoms with van der Waals surface area (Å²) in [5.41, 5.74) is 9.80. The second kappa shape index (κ2) is 6.85. The maximum absolute atomic E-state index is 12.1. The van der Waals surface area contributed by atoms with E-state index in [0.717, 1.165) is 22.4 Å². The number of rotatable bonds is 4. The predicted octanol–water partition coefficient (Wildman–Crippen LogP) is 2.88. The normalized spacial score (nSPS) is 13.1. The lowest BCUT2D eigenvalue weighted by Gasteiger charge is -2.16. The first-order valence-corrected chi connectivity index (χ1v) is 8.19. The van der Waals surface area contributed by atoms with Crippen LogP contribution in [0.5, 0.6) is 11.5 Å². The largest absolute Gasteiger partial charge is 0.456 e. The number of nitrogens with two attached hydrogens (primary N) is 1. The fourth-order valence-electron chi connectivity index (χ4n) is 2.89. The molecule has 2 N–H and O–H groups in total. The van der Waals surface area contributed by atoms with Gasteiger partial charge in [-0.2, -0.15) is 0 Å². The van der Waals surface area contributed by atoms with Gasteiger partial charge >= 0.3 is 0 Å². The molecule has 4 rings (SSSR count). The summed E-state index contributed by atoms with van der Waals surface area (Å²) < 4.78 is 5.81. The molecule has 0 saturated carbocycles. The molecule has 0 bridgehead atoms. The number of carbonyl (C=O) groups is 1. The Bertz CT molecular complexity index is 1000. The van der Waals surface area contributed by atoms with Crippen molar-refractivity contribution in [2.75, 3.05) is 13.1 Å². The third-order valence-corrected chi connectivity index (χ3v) is 4.17. The van der Waals surface area contributed by atoms with Crippen LogP contribution in [0.15, 0.2) is 66.2 Å². The molecule has 26 heavy (non-hydrogen) atoms. The monoisotopic (exact) mass is 344 g/mol. The molecule has 0 saturated heterocycles. The maximum Gasteiger partial charge on any atom is 0.184 e. The van der Waals surface area contributed by atoms with E-state index in [2.05, 4.69) is 15.0 Å². The van der Waals surface area contributed by atoms with E-state index in [0.29, 0.717) is 23.6 Å². The van der Waals surface area contributed by atoms with Gasteiger partial charge in [0, 0.05) is 41.8 Å².